The summed E-state index contributed by atoms with van der Waals surface area (Å²) in [5, 5.41) is 6.02. The van der Waals surface area contributed by atoms with Crippen molar-refractivity contribution in [3.8, 4) is 0 Å². The van der Waals surface area contributed by atoms with Crippen LogP contribution in [0.15, 0.2) is 28.9 Å². The second-order valence-electron chi connectivity index (χ2n) is 6.85. The van der Waals surface area contributed by atoms with Gasteiger partial charge in [0, 0.05) is 31.9 Å². The van der Waals surface area contributed by atoms with E-state index >= 15 is 0 Å². The standard InChI is InChI=1S/C18H25ClN6O4S/c1-21-5-2-10-30(27,28)25-8-6-24(7-9-25)13-3-4-14(19)15(11-13)22-17(26)16-12-29-18(20)23-16/h3-4,11-12,21H,2,5-10H2,1H3,(H2,20,23)(H,22,26). The number of piperazine rings is 1. The van der Waals surface area contributed by atoms with Crippen LogP contribution >= 0.6 is 11.6 Å². The molecule has 1 aromatic heterocycles. The maximum atomic E-state index is 12.5. The van der Waals surface area contributed by atoms with Crippen molar-refractivity contribution in [1.82, 2.24) is 14.6 Å². The van der Waals surface area contributed by atoms with Gasteiger partial charge in [0.2, 0.25) is 10.0 Å². The molecule has 30 heavy (non-hydrogen) atoms. The molecule has 0 saturated carbocycles. The second kappa shape index (κ2) is 9.65. The molecule has 12 heteroatoms. The number of halogens is 1. The van der Waals surface area contributed by atoms with E-state index < -0.39 is 15.9 Å². The summed E-state index contributed by atoms with van der Waals surface area (Å²) in [7, 11) is -1.46. The van der Waals surface area contributed by atoms with Crippen molar-refractivity contribution in [3.05, 3.63) is 35.2 Å². The van der Waals surface area contributed by atoms with E-state index in [1.165, 1.54) is 10.6 Å². The zero-order chi connectivity index (χ0) is 21.7. The van der Waals surface area contributed by atoms with Gasteiger partial charge in [0.25, 0.3) is 11.9 Å². The molecule has 1 saturated heterocycles. The van der Waals surface area contributed by atoms with Gasteiger partial charge in [0.05, 0.1) is 16.5 Å². The van der Waals surface area contributed by atoms with Crippen LogP contribution in [-0.4, -0.2) is 69.1 Å². The first kappa shape index (κ1) is 22.3. The predicted molar refractivity (Wildman–Crippen MR) is 116 cm³/mol. The highest BCUT2D eigenvalue weighted by molar-refractivity contribution is 7.89. The number of nitrogen functional groups attached to an aromatic ring is 1. The molecule has 0 unspecified atom stereocenters. The number of nitrogens with one attached hydrogen (secondary N) is 2. The average molecular weight is 457 g/mol. The Balaban J connectivity index is 1.63. The number of carbonyl (C=O) groups excluding carboxylic acids is 1. The Morgan fingerprint density at radius 2 is 2.03 bits per heavy atom. The third kappa shape index (κ3) is 5.42. The Morgan fingerprint density at radius 1 is 1.30 bits per heavy atom. The molecule has 0 spiro atoms. The van der Waals surface area contributed by atoms with Gasteiger partial charge in [-0.15, -0.1) is 0 Å². The second-order valence-corrected chi connectivity index (χ2v) is 9.34. The summed E-state index contributed by atoms with van der Waals surface area (Å²) in [4.78, 5) is 18.1. The highest BCUT2D eigenvalue weighted by atomic mass is 35.5. The summed E-state index contributed by atoms with van der Waals surface area (Å²) < 4.78 is 31.3. The fourth-order valence-electron chi connectivity index (χ4n) is 3.17. The molecule has 0 bridgehead atoms. The fourth-order valence-corrected chi connectivity index (χ4v) is 4.82. The number of hydrogen-bond donors (Lipinski definition) is 3. The largest absolute Gasteiger partial charge is 0.431 e. The molecule has 0 radical (unpaired) electrons. The number of aromatic nitrogens is 1. The van der Waals surface area contributed by atoms with Crippen molar-refractivity contribution in [2.24, 2.45) is 0 Å². The molecule has 2 heterocycles. The Labute approximate surface area is 180 Å². The van der Waals surface area contributed by atoms with Crippen LogP contribution in [0.3, 0.4) is 0 Å². The van der Waals surface area contributed by atoms with Crippen LogP contribution in [0.2, 0.25) is 5.02 Å². The van der Waals surface area contributed by atoms with Gasteiger partial charge in [-0.1, -0.05) is 11.6 Å². The SMILES string of the molecule is CNCCCS(=O)(=O)N1CCN(c2ccc(Cl)c(NC(=O)c3coc(N)n3)c2)CC1. The number of anilines is 3. The monoisotopic (exact) mass is 456 g/mol. The van der Waals surface area contributed by atoms with Gasteiger partial charge in [-0.2, -0.15) is 9.29 Å². The topological polar surface area (TPSA) is 134 Å². The lowest BCUT2D eigenvalue weighted by molar-refractivity contribution is 0.102. The average Bonchev–Trinajstić information content (AvgIpc) is 3.16. The van der Waals surface area contributed by atoms with Crippen LogP contribution in [-0.2, 0) is 10.0 Å². The van der Waals surface area contributed by atoms with Crippen molar-refractivity contribution in [1.29, 1.82) is 0 Å². The summed E-state index contributed by atoms with van der Waals surface area (Å²) >= 11 is 6.22. The lowest BCUT2D eigenvalue weighted by Crippen LogP contribution is -2.49. The maximum absolute atomic E-state index is 12.5. The van der Waals surface area contributed by atoms with Crippen LogP contribution < -0.4 is 21.3 Å². The highest BCUT2D eigenvalue weighted by Gasteiger charge is 2.27. The number of benzene rings is 1. The molecule has 0 aliphatic carbocycles. The van der Waals surface area contributed by atoms with Gasteiger partial charge in [-0.3, -0.25) is 4.79 Å². The zero-order valence-corrected chi connectivity index (χ0v) is 18.2. The number of amides is 1. The summed E-state index contributed by atoms with van der Waals surface area (Å²) in [6.07, 6.45) is 1.75. The number of nitrogens with zero attached hydrogens (tertiary/aromatic N) is 3. The molecule has 4 N–H and O–H groups in total. The molecule has 1 aromatic carbocycles. The fraction of sp³-hybridized carbons (Fsp3) is 0.444. The number of nitrogens with two attached hydrogens (primary N) is 1. The van der Waals surface area contributed by atoms with Crippen molar-refractivity contribution < 1.29 is 17.6 Å². The summed E-state index contributed by atoms with van der Waals surface area (Å²) in [5.74, 6) is -0.357. The predicted octanol–water partition coefficient (Wildman–Crippen LogP) is 1.22. The van der Waals surface area contributed by atoms with E-state index in [1.807, 2.05) is 6.07 Å². The van der Waals surface area contributed by atoms with Gasteiger partial charge in [0.1, 0.15) is 6.26 Å². The molecule has 2 aromatic rings. The molecule has 1 aliphatic heterocycles. The normalized spacial score (nSPS) is 15.3. The van der Waals surface area contributed by atoms with E-state index in [1.54, 1.807) is 19.2 Å². The van der Waals surface area contributed by atoms with Gasteiger partial charge in [-0.05, 0) is 38.2 Å². The Hall–Kier alpha value is -2.34. The van der Waals surface area contributed by atoms with Crippen LogP contribution in [0, 0.1) is 0 Å². The van der Waals surface area contributed by atoms with Crippen LogP contribution in [0.5, 0.6) is 0 Å². The van der Waals surface area contributed by atoms with E-state index in [0.29, 0.717) is 49.9 Å². The zero-order valence-electron chi connectivity index (χ0n) is 16.6. The van der Waals surface area contributed by atoms with Crippen LogP contribution in [0.25, 0.3) is 0 Å². The smallest absolute Gasteiger partial charge is 0.292 e. The van der Waals surface area contributed by atoms with Crippen molar-refractivity contribution in [2.45, 2.75) is 6.42 Å². The van der Waals surface area contributed by atoms with E-state index in [4.69, 9.17) is 21.8 Å². The lowest BCUT2D eigenvalue weighted by atomic mass is 10.2. The van der Waals surface area contributed by atoms with E-state index in [0.717, 1.165) is 5.69 Å². The molecule has 10 nitrogen and oxygen atoms in total. The van der Waals surface area contributed by atoms with Crippen molar-refractivity contribution >= 4 is 44.9 Å². The Bertz CT molecular complexity index is 988. The summed E-state index contributed by atoms with van der Waals surface area (Å²) in [6.45, 7) is 2.56. The van der Waals surface area contributed by atoms with Gasteiger partial charge in [-0.25, -0.2) is 8.42 Å². The summed E-state index contributed by atoms with van der Waals surface area (Å²) in [6, 6.07) is 5.17. The minimum absolute atomic E-state index is 0.0473. The van der Waals surface area contributed by atoms with Gasteiger partial charge in [0.15, 0.2) is 5.69 Å². The first-order valence-corrected chi connectivity index (χ1v) is 11.5. The highest BCUT2D eigenvalue weighted by Crippen LogP contribution is 2.29. The summed E-state index contributed by atoms with van der Waals surface area (Å²) in [5.41, 5.74) is 6.70. The number of sulfonamides is 1. The first-order chi connectivity index (χ1) is 14.3. The number of carbonyl (C=O) groups is 1. The quantitative estimate of drug-likeness (QED) is 0.505. The molecule has 1 aliphatic rings. The van der Waals surface area contributed by atoms with Crippen molar-refractivity contribution in [3.63, 3.8) is 0 Å². The van der Waals surface area contributed by atoms with Gasteiger partial charge < -0.3 is 25.7 Å². The first-order valence-electron chi connectivity index (χ1n) is 9.49. The minimum atomic E-state index is -3.26. The molecule has 3 rings (SSSR count). The maximum Gasteiger partial charge on any atom is 0.292 e. The van der Waals surface area contributed by atoms with E-state index in [2.05, 4.69) is 20.5 Å². The molecule has 164 valence electrons. The Kier molecular flexibility index (Phi) is 7.19. The third-order valence-corrected chi connectivity index (χ3v) is 7.07. The molecular formula is C18H25ClN6O4S. The van der Waals surface area contributed by atoms with E-state index in [-0.39, 0.29) is 17.5 Å². The molecular weight excluding hydrogens is 432 g/mol. The Morgan fingerprint density at radius 3 is 2.67 bits per heavy atom. The number of oxazole rings is 1. The number of rotatable bonds is 8. The minimum Gasteiger partial charge on any atom is -0.431 e. The molecule has 1 amide bonds. The van der Waals surface area contributed by atoms with E-state index in [9.17, 15) is 13.2 Å². The lowest BCUT2D eigenvalue weighted by Gasteiger charge is -2.35. The molecule has 1 fully saturated rings. The van der Waals surface area contributed by atoms with Crippen LogP contribution in [0.1, 0.15) is 16.9 Å². The third-order valence-electron chi connectivity index (χ3n) is 4.78. The van der Waals surface area contributed by atoms with Crippen LogP contribution in [0.4, 0.5) is 17.4 Å². The molecule has 0 atom stereocenters. The number of hydrogen-bond acceptors (Lipinski definition) is 8. The van der Waals surface area contributed by atoms with Gasteiger partial charge >= 0.3 is 0 Å². The van der Waals surface area contributed by atoms with Crippen molar-refractivity contribution in [2.75, 3.05) is 61.5 Å².